The standard InChI is InChI=1S/C45H86NO10P/c1-3-5-7-9-11-13-15-17-19-20-21-23-24-26-28-30-32-34-36-43(47)53-38-41(39-54-57(51,52)55-40-42(46)45(49)50)56-44(48)37-35-33-31-29-27-25-22-18-16-14-12-10-8-6-4-2/h31,33,41-42H,3-30,32,34-40,46H2,1-2H3,(H,49,50)(H,51,52)/b33-31+/t41-,42+/m1/s1. The third-order valence-electron chi connectivity index (χ3n) is 10.3. The second-order valence-corrected chi connectivity index (χ2v) is 17.3. The average molecular weight is 832 g/mol. The van der Waals surface area contributed by atoms with Gasteiger partial charge in [-0.15, -0.1) is 0 Å². The molecule has 0 rings (SSSR count). The molecule has 0 fully saturated rings. The average Bonchev–Trinajstić information content (AvgIpc) is 3.19. The molecule has 0 aliphatic rings. The number of carbonyl (C=O) groups is 3. The lowest BCUT2D eigenvalue weighted by molar-refractivity contribution is -0.161. The summed E-state index contributed by atoms with van der Waals surface area (Å²) in [7, 11) is -4.72. The van der Waals surface area contributed by atoms with Crippen molar-refractivity contribution in [1.82, 2.24) is 0 Å². The molecule has 0 heterocycles. The van der Waals surface area contributed by atoms with Gasteiger partial charge in [0, 0.05) is 12.8 Å². The van der Waals surface area contributed by atoms with Crippen LogP contribution in [-0.2, 0) is 37.5 Å². The van der Waals surface area contributed by atoms with Gasteiger partial charge in [0.05, 0.1) is 13.2 Å². The fourth-order valence-electron chi connectivity index (χ4n) is 6.61. The van der Waals surface area contributed by atoms with Crippen molar-refractivity contribution in [3.63, 3.8) is 0 Å². The van der Waals surface area contributed by atoms with Crippen LogP contribution in [0.15, 0.2) is 12.2 Å². The van der Waals surface area contributed by atoms with E-state index in [-0.39, 0.29) is 19.4 Å². The first kappa shape index (κ1) is 55.2. The van der Waals surface area contributed by atoms with Crippen LogP contribution in [0.3, 0.4) is 0 Å². The molecule has 0 aliphatic carbocycles. The summed E-state index contributed by atoms with van der Waals surface area (Å²) in [5.41, 5.74) is 5.34. The Morgan fingerprint density at radius 2 is 0.912 bits per heavy atom. The SMILES string of the molecule is CCCCCCCCCCCCC/C=C/CCC(=O)O[C@H](COC(=O)CCCCCCCCCCCCCCCCCCCC)COP(=O)(O)OC[C@H](N)C(=O)O. The van der Waals surface area contributed by atoms with Crippen LogP contribution in [0.5, 0.6) is 0 Å². The minimum Gasteiger partial charge on any atom is -0.480 e. The van der Waals surface area contributed by atoms with Gasteiger partial charge in [-0.1, -0.05) is 199 Å². The molecule has 0 saturated heterocycles. The smallest absolute Gasteiger partial charge is 0.472 e. The molecule has 0 spiro atoms. The quantitative estimate of drug-likeness (QED) is 0.0231. The summed E-state index contributed by atoms with van der Waals surface area (Å²) >= 11 is 0. The van der Waals surface area contributed by atoms with Gasteiger partial charge in [-0.25, -0.2) is 4.57 Å². The topological polar surface area (TPSA) is 172 Å². The van der Waals surface area contributed by atoms with Crippen LogP contribution in [0.4, 0.5) is 0 Å². The molecule has 0 aromatic carbocycles. The van der Waals surface area contributed by atoms with Crippen LogP contribution in [0.1, 0.15) is 226 Å². The fraction of sp³-hybridized carbons (Fsp3) is 0.889. The number of carboxylic acids is 1. The summed E-state index contributed by atoms with van der Waals surface area (Å²) < 4.78 is 32.7. The summed E-state index contributed by atoms with van der Waals surface area (Å²) in [5.74, 6) is -2.42. The van der Waals surface area contributed by atoms with Gasteiger partial charge >= 0.3 is 25.7 Å². The Kier molecular flexibility index (Phi) is 39.7. The number of aliphatic carboxylic acids is 1. The maximum atomic E-state index is 12.6. The molecular formula is C45H86NO10P. The Morgan fingerprint density at radius 3 is 1.35 bits per heavy atom. The molecule has 0 aliphatic heterocycles. The number of phosphoric ester groups is 1. The van der Waals surface area contributed by atoms with E-state index in [1.165, 1.54) is 154 Å². The van der Waals surface area contributed by atoms with E-state index in [4.69, 9.17) is 24.8 Å². The van der Waals surface area contributed by atoms with E-state index in [1.54, 1.807) is 0 Å². The predicted octanol–water partition coefficient (Wildman–Crippen LogP) is 12.5. The highest BCUT2D eigenvalue weighted by Gasteiger charge is 2.28. The van der Waals surface area contributed by atoms with Crippen LogP contribution in [0.25, 0.3) is 0 Å². The van der Waals surface area contributed by atoms with E-state index in [1.807, 2.05) is 6.08 Å². The highest BCUT2D eigenvalue weighted by Crippen LogP contribution is 2.43. The lowest BCUT2D eigenvalue weighted by atomic mass is 10.0. The predicted molar refractivity (Wildman–Crippen MR) is 231 cm³/mol. The minimum absolute atomic E-state index is 0.0826. The van der Waals surface area contributed by atoms with Crippen LogP contribution >= 0.6 is 7.82 Å². The van der Waals surface area contributed by atoms with Crippen molar-refractivity contribution in [3.05, 3.63) is 12.2 Å². The molecule has 3 atom stereocenters. The zero-order chi connectivity index (χ0) is 42.1. The number of ether oxygens (including phenoxy) is 2. The number of hydrogen-bond donors (Lipinski definition) is 3. The first-order valence-electron chi connectivity index (χ1n) is 23.2. The van der Waals surface area contributed by atoms with Crippen LogP contribution in [0.2, 0.25) is 0 Å². The van der Waals surface area contributed by atoms with E-state index >= 15 is 0 Å². The number of rotatable bonds is 44. The highest BCUT2D eigenvalue weighted by atomic mass is 31.2. The molecule has 336 valence electrons. The van der Waals surface area contributed by atoms with Crippen molar-refractivity contribution < 1.29 is 47.5 Å². The van der Waals surface area contributed by atoms with Crippen LogP contribution < -0.4 is 5.73 Å². The Labute approximate surface area is 348 Å². The molecule has 0 radical (unpaired) electrons. The van der Waals surface area contributed by atoms with Crippen molar-refractivity contribution in [2.24, 2.45) is 5.73 Å². The van der Waals surface area contributed by atoms with E-state index in [0.717, 1.165) is 32.1 Å². The lowest BCUT2D eigenvalue weighted by Gasteiger charge is -2.20. The maximum absolute atomic E-state index is 12.6. The van der Waals surface area contributed by atoms with Gasteiger partial charge in [0.25, 0.3) is 0 Å². The van der Waals surface area contributed by atoms with Crippen molar-refractivity contribution in [1.29, 1.82) is 0 Å². The monoisotopic (exact) mass is 832 g/mol. The van der Waals surface area contributed by atoms with E-state index in [9.17, 15) is 23.8 Å². The van der Waals surface area contributed by atoms with Gasteiger partial charge in [-0.05, 0) is 25.7 Å². The molecule has 1 unspecified atom stereocenters. The number of nitrogens with two attached hydrogens (primary N) is 1. The second kappa shape index (κ2) is 41.0. The molecule has 0 bridgehead atoms. The van der Waals surface area contributed by atoms with Gasteiger partial charge in [0.15, 0.2) is 6.10 Å². The first-order chi connectivity index (χ1) is 27.6. The zero-order valence-corrected chi connectivity index (χ0v) is 37.3. The van der Waals surface area contributed by atoms with Crippen molar-refractivity contribution in [2.75, 3.05) is 19.8 Å². The van der Waals surface area contributed by atoms with Crippen molar-refractivity contribution in [3.8, 4) is 0 Å². The fourth-order valence-corrected chi connectivity index (χ4v) is 7.39. The molecule has 0 aromatic heterocycles. The minimum atomic E-state index is -4.72. The van der Waals surface area contributed by atoms with Gasteiger partial charge in [-0.2, -0.15) is 0 Å². The number of esters is 2. The Hall–Kier alpha value is -1.78. The molecule has 0 aromatic rings. The van der Waals surface area contributed by atoms with Crippen molar-refractivity contribution >= 4 is 25.7 Å². The number of carbonyl (C=O) groups excluding carboxylic acids is 2. The normalized spacial score (nSPS) is 13.8. The molecule has 12 heteroatoms. The summed E-state index contributed by atoms with van der Waals surface area (Å²) in [4.78, 5) is 46.0. The lowest BCUT2D eigenvalue weighted by Crippen LogP contribution is -2.34. The maximum Gasteiger partial charge on any atom is 0.472 e. The zero-order valence-electron chi connectivity index (χ0n) is 36.5. The molecule has 57 heavy (non-hydrogen) atoms. The third-order valence-corrected chi connectivity index (χ3v) is 11.2. The highest BCUT2D eigenvalue weighted by molar-refractivity contribution is 7.47. The van der Waals surface area contributed by atoms with Crippen LogP contribution in [-0.4, -0.2) is 59.9 Å². The van der Waals surface area contributed by atoms with Gasteiger partial charge < -0.3 is 25.2 Å². The second-order valence-electron chi connectivity index (χ2n) is 15.9. The first-order valence-corrected chi connectivity index (χ1v) is 24.7. The largest absolute Gasteiger partial charge is 0.480 e. The van der Waals surface area contributed by atoms with E-state index in [0.29, 0.717) is 12.8 Å². The number of phosphoric acid groups is 1. The number of carboxylic acid groups (broad SMARTS) is 1. The number of hydrogen-bond acceptors (Lipinski definition) is 9. The van der Waals surface area contributed by atoms with Gasteiger partial charge in [0.1, 0.15) is 12.6 Å². The molecular weight excluding hydrogens is 745 g/mol. The number of unbranched alkanes of at least 4 members (excludes halogenated alkanes) is 28. The van der Waals surface area contributed by atoms with E-state index in [2.05, 4.69) is 24.4 Å². The summed E-state index contributed by atoms with van der Waals surface area (Å²) in [6.45, 7) is 2.80. The Balaban J connectivity index is 4.31. The summed E-state index contributed by atoms with van der Waals surface area (Å²) in [6, 6.07) is -1.52. The van der Waals surface area contributed by atoms with Gasteiger partial charge in [0.2, 0.25) is 0 Å². The Morgan fingerprint density at radius 1 is 0.526 bits per heavy atom. The van der Waals surface area contributed by atoms with Gasteiger partial charge in [-0.3, -0.25) is 23.4 Å². The molecule has 4 N–H and O–H groups in total. The van der Waals surface area contributed by atoms with Crippen molar-refractivity contribution in [2.45, 2.75) is 238 Å². The molecule has 0 amide bonds. The summed E-state index contributed by atoms with van der Waals surface area (Å²) in [6.07, 6.45) is 41.5. The summed E-state index contributed by atoms with van der Waals surface area (Å²) in [5, 5.41) is 8.89. The van der Waals surface area contributed by atoms with Crippen LogP contribution in [0, 0.1) is 0 Å². The third kappa shape index (κ3) is 40.8. The van der Waals surface area contributed by atoms with E-state index < -0.39 is 51.1 Å². The Bertz CT molecular complexity index is 1030. The molecule has 11 nitrogen and oxygen atoms in total. The number of allylic oxidation sites excluding steroid dienone is 2. The molecule has 0 saturated carbocycles.